The highest BCUT2D eigenvalue weighted by Crippen LogP contribution is 2.19. The van der Waals surface area contributed by atoms with Gasteiger partial charge in [-0.3, -0.25) is 4.79 Å². The largest absolute Gasteiger partial charge is 0.330 e. The molecule has 0 aliphatic carbocycles. The molecule has 2 rings (SSSR count). The third-order valence-corrected chi connectivity index (χ3v) is 2.87. The minimum atomic E-state index is -0.423. The van der Waals surface area contributed by atoms with Crippen molar-refractivity contribution in [2.45, 2.75) is 0 Å². The Morgan fingerprint density at radius 3 is 2.88 bits per heavy atom. The number of anilines is 1. The Morgan fingerprint density at radius 1 is 1.53 bits per heavy atom. The van der Waals surface area contributed by atoms with Gasteiger partial charge in [0, 0.05) is 12.7 Å². The maximum atomic E-state index is 13.2. The molecule has 1 aromatic carbocycles. The van der Waals surface area contributed by atoms with Crippen LogP contribution in [0.25, 0.3) is 0 Å². The Hall–Kier alpha value is -1.69. The molecule has 0 fully saturated rings. The van der Waals surface area contributed by atoms with Gasteiger partial charge in [0.05, 0.1) is 17.0 Å². The quantitative estimate of drug-likeness (QED) is 0.926. The van der Waals surface area contributed by atoms with Crippen LogP contribution in [-0.4, -0.2) is 15.5 Å². The van der Waals surface area contributed by atoms with Crippen LogP contribution in [0.15, 0.2) is 35.2 Å². The van der Waals surface area contributed by atoms with E-state index < -0.39 is 5.82 Å². The molecule has 6 heteroatoms. The number of hydrogen-bond donors (Lipinski definition) is 1. The lowest BCUT2D eigenvalue weighted by Gasteiger charge is -2.06. The van der Waals surface area contributed by atoms with Crippen LogP contribution < -0.4 is 5.32 Å². The third kappa shape index (κ3) is 2.52. The number of halogens is 2. The summed E-state index contributed by atoms with van der Waals surface area (Å²) >= 11 is 3.04. The number of carbonyl (C=O) groups excluding carboxylic acids is 1. The summed E-state index contributed by atoms with van der Waals surface area (Å²) in [5.41, 5.74) is 0.810. The van der Waals surface area contributed by atoms with Crippen LogP contribution >= 0.6 is 15.9 Å². The number of rotatable bonds is 2. The van der Waals surface area contributed by atoms with E-state index in [1.54, 1.807) is 17.7 Å². The van der Waals surface area contributed by atoms with Gasteiger partial charge in [0.1, 0.15) is 11.5 Å². The van der Waals surface area contributed by atoms with Crippen LogP contribution in [-0.2, 0) is 7.05 Å². The normalized spacial score (nSPS) is 10.3. The second-order valence-electron chi connectivity index (χ2n) is 3.47. The molecule has 0 aliphatic heterocycles. The van der Waals surface area contributed by atoms with E-state index in [0.717, 1.165) is 0 Å². The first-order chi connectivity index (χ1) is 8.08. The minimum absolute atomic E-state index is 0.327. The van der Waals surface area contributed by atoms with Gasteiger partial charge in [0.2, 0.25) is 0 Å². The fraction of sp³-hybridized carbons (Fsp3) is 0.0909. The van der Waals surface area contributed by atoms with Crippen molar-refractivity contribution in [1.29, 1.82) is 0 Å². The second kappa shape index (κ2) is 4.67. The summed E-state index contributed by atoms with van der Waals surface area (Å²) < 4.78 is 15.2. The summed E-state index contributed by atoms with van der Waals surface area (Å²) in [5.74, 6) is -0.750. The molecule has 1 aromatic heterocycles. The zero-order valence-electron chi connectivity index (χ0n) is 8.95. The van der Waals surface area contributed by atoms with Gasteiger partial charge in [-0.15, -0.1) is 0 Å². The molecule has 4 nitrogen and oxygen atoms in total. The highest BCUT2D eigenvalue weighted by Gasteiger charge is 2.10. The predicted molar refractivity (Wildman–Crippen MR) is 65.3 cm³/mol. The van der Waals surface area contributed by atoms with Crippen molar-refractivity contribution >= 4 is 27.5 Å². The van der Waals surface area contributed by atoms with Crippen LogP contribution in [0, 0.1) is 5.82 Å². The Labute approximate surface area is 106 Å². The van der Waals surface area contributed by atoms with Gasteiger partial charge in [-0.25, -0.2) is 9.37 Å². The number of aromatic nitrogens is 2. The van der Waals surface area contributed by atoms with E-state index in [4.69, 9.17) is 0 Å². The number of imidazole rings is 1. The predicted octanol–water partition coefficient (Wildman–Crippen LogP) is 2.57. The summed E-state index contributed by atoms with van der Waals surface area (Å²) in [5, 5.41) is 2.59. The molecule has 1 amide bonds. The first-order valence-electron chi connectivity index (χ1n) is 4.80. The van der Waals surface area contributed by atoms with Crippen LogP contribution in [0.3, 0.4) is 0 Å². The van der Waals surface area contributed by atoms with Crippen molar-refractivity contribution in [2.24, 2.45) is 7.05 Å². The lowest BCUT2D eigenvalue weighted by molar-refractivity contribution is 0.101. The molecule has 0 unspecified atom stereocenters. The average Bonchev–Trinajstić information content (AvgIpc) is 2.70. The SMILES string of the molecule is Cn1cncc1C(=O)Nc1ccc(Br)c(F)c1. The van der Waals surface area contributed by atoms with E-state index in [1.165, 1.54) is 24.7 Å². The number of hydrogen-bond acceptors (Lipinski definition) is 2. The Balaban J connectivity index is 2.19. The fourth-order valence-corrected chi connectivity index (χ4v) is 1.59. The van der Waals surface area contributed by atoms with Gasteiger partial charge >= 0.3 is 0 Å². The summed E-state index contributed by atoms with van der Waals surface area (Å²) in [4.78, 5) is 15.6. The number of nitrogens with zero attached hydrogens (tertiary/aromatic N) is 2. The van der Waals surface area contributed by atoms with Crippen molar-refractivity contribution in [3.8, 4) is 0 Å². The molecule has 1 N–H and O–H groups in total. The van der Waals surface area contributed by atoms with E-state index in [9.17, 15) is 9.18 Å². The zero-order valence-corrected chi connectivity index (χ0v) is 10.5. The molecule has 0 spiro atoms. The maximum Gasteiger partial charge on any atom is 0.273 e. The number of nitrogens with one attached hydrogen (secondary N) is 1. The molecule has 0 saturated heterocycles. The van der Waals surface area contributed by atoms with Crippen LogP contribution in [0.1, 0.15) is 10.5 Å². The van der Waals surface area contributed by atoms with E-state index in [2.05, 4.69) is 26.2 Å². The van der Waals surface area contributed by atoms with Crippen LogP contribution in [0.2, 0.25) is 0 Å². The van der Waals surface area contributed by atoms with Crippen LogP contribution in [0.5, 0.6) is 0 Å². The van der Waals surface area contributed by atoms with Gasteiger partial charge < -0.3 is 9.88 Å². The maximum absolute atomic E-state index is 13.2. The summed E-state index contributed by atoms with van der Waals surface area (Å²) in [6, 6.07) is 4.40. The van der Waals surface area contributed by atoms with E-state index in [0.29, 0.717) is 15.9 Å². The number of carbonyl (C=O) groups is 1. The van der Waals surface area contributed by atoms with Gasteiger partial charge in [0.25, 0.3) is 5.91 Å². The highest BCUT2D eigenvalue weighted by atomic mass is 79.9. The molecule has 2 aromatic rings. The molecule has 0 atom stereocenters. The number of benzene rings is 1. The summed E-state index contributed by atoms with van der Waals surface area (Å²) in [7, 11) is 1.71. The average molecular weight is 298 g/mol. The first-order valence-corrected chi connectivity index (χ1v) is 5.60. The molecule has 0 aliphatic rings. The second-order valence-corrected chi connectivity index (χ2v) is 4.33. The van der Waals surface area contributed by atoms with Gasteiger partial charge in [-0.2, -0.15) is 0 Å². The molecule has 88 valence electrons. The van der Waals surface area contributed by atoms with Gasteiger partial charge in [-0.05, 0) is 34.1 Å². The van der Waals surface area contributed by atoms with Crippen LogP contribution in [0.4, 0.5) is 10.1 Å². The Bertz CT molecular complexity index is 568. The molecule has 1 heterocycles. The van der Waals surface area contributed by atoms with Crippen molar-refractivity contribution in [3.05, 3.63) is 46.7 Å². The van der Waals surface area contributed by atoms with E-state index in [-0.39, 0.29) is 5.91 Å². The lowest BCUT2D eigenvalue weighted by Crippen LogP contribution is -2.15. The van der Waals surface area contributed by atoms with Crippen molar-refractivity contribution in [3.63, 3.8) is 0 Å². The minimum Gasteiger partial charge on any atom is -0.330 e. The van der Waals surface area contributed by atoms with Gasteiger partial charge in [0.15, 0.2) is 0 Å². The molecule has 0 radical (unpaired) electrons. The Morgan fingerprint density at radius 2 is 2.29 bits per heavy atom. The van der Waals surface area contributed by atoms with E-state index in [1.807, 2.05) is 0 Å². The van der Waals surface area contributed by atoms with E-state index >= 15 is 0 Å². The lowest BCUT2D eigenvalue weighted by atomic mass is 10.3. The summed E-state index contributed by atoms with van der Waals surface area (Å²) in [6.45, 7) is 0. The summed E-state index contributed by atoms with van der Waals surface area (Å²) in [6.07, 6.45) is 2.97. The molecule has 0 saturated carbocycles. The molecular weight excluding hydrogens is 289 g/mol. The molecular formula is C11H9BrFN3O. The monoisotopic (exact) mass is 297 g/mol. The van der Waals surface area contributed by atoms with Gasteiger partial charge in [-0.1, -0.05) is 0 Å². The topological polar surface area (TPSA) is 46.9 Å². The highest BCUT2D eigenvalue weighted by molar-refractivity contribution is 9.10. The third-order valence-electron chi connectivity index (χ3n) is 2.23. The fourth-order valence-electron chi connectivity index (χ4n) is 1.35. The van der Waals surface area contributed by atoms with Crippen molar-refractivity contribution < 1.29 is 9.18 Å². The first kappa shape index (κ1) is 11.8. The standard InChI is InChI=1S/C11H9BrFN3O/c1-16-6-14-5-10(16)11(17)15-7-2-3-8(12)9(13)4-7/h2-6H,1H3,(H,15,17). The Kier molecular flexibility index (Phi) is 3.23. The van der Waals surface area contributed by atoms with Crippen molar-refractivity contribution in [1.82, 2.24) is 9.55 Å². The van der Waals surface area contributed by atoms with Crippen molar-refractivity contribution in [2.75, 3.05) is 5.32 Å². The molecule has 17 heavy (non-hydrogen) atoms. The number of amides is 1. The number of aryl methyl sites for hydroxylation is 1. The smallest absolute Gasteiger partial charge is 0.273 e. The molecule has 0 bridgehead atoms. The zero-order chi connectivity index (χ0) is 12.4.